The average Bonchev–Trinajstić information content (AvgIpc) is 2.91. The molecular formula is C14H25F3IN5S. The van der Waals surface area contributed by atoms with Gasteiger partial charge in [0, 0.05) is 44.2 Å². The van der Waals surface area contributed by atoms with E-state index in [0.29, 0.717) is 19.0 Å². The number of guanidine groups is 1. The van der Waals surface area contributed by atoms with Crippen molar-refractivity contribution >= 4 is 41.3 Å². The number of aliphatic imine (C=N–C) groups is 1. The van der Waals surface area contributed by atoms with Gasteiger partial charge in [-0.15, -0.1) is 35.3 Å². The van der Waals surface area contributed by atoms with Gasteiger partial charge in [-0.1, -0.05) is 6.92 Å². The molecule has 1 rings (SSSR count). The summed E-state index contributed by atoms with van der Waals surface area (Å²) in [5, 5.41) is 7.20. The Labute approximate surface area is 162 Å². The molecule has 0 aliphatic carbocycles. The number of rotatable bonds is 8. The van der Waals surface area contributed by atoms with Crippen molar-refractivity contribution < 1.29 is 13.2 Å². The van der Waals surface area contributed by atoms with Gasteiger partial charge in [-0.2, -0.15) is 13.2 Å². The lowest BCUT2D eigenvalue weighted by Gasteiger charge is -2.19. The molecule has 0 bridgehead atoms. The number of alkyl halides is 3. The maximum Gasteiger partial charge on any atom is 0.401 e. The number of aryl methyl sites for hydroxylation is 1. The Morgan fingerprint density at radius 3 is 2.54 bits per heavy atom. The van der Waals surface area contributed by atoms with Gasteiger partial charge in [0.05, 0.1) is 11.6 Å². The summed E-state index contributed by atoms with van der Waals surface area (Å²) in [6.45, 7) is 2.53. The highest BCUT2D eigenvalue weighted by molar-refractivity contribution is 14.0. The zero-order valence-electron chi connectivity index (χ0n) is 14.1. The van der Waals surface area contributed by atoms with E-state index in [1.54, 1.807) is 18.4 Å². The van der Waals surface area contributed by atoms with Gasteiger partial charge in [-0.3, -0.25) is 9.89 Å². The second-order valence-electron chi connectivity index (χ2n) is 5.10. The fourth-order valence-electron chi connectivity index (χ4n) is 1.89. The van der Waals surface area contributed by atoms with Crippen LogP contribution < -0.4 is 10.6 Å². The number of hydrogen-bond donors (Lipinski definition) is 2. The van der Waals surface area contributed by atoms with E-state index >= 15 is 0 Å². The Bertz CT molecular complexity index is 493. The first kappa shape index (κ1) is 23.4. The van der Waals surface area contributed by atoms with E-state index < -0.39 is 12.7 Å². The SMILES string of the molecule is CCc1cnc(CCNC(=NC)NCCN(C)CC(F)(F)F)s1.I. The molecule has 2 N–H and O–H groups in total. The number of nitrogens with zero attached hydrogens (tertiary/aromatic N) is 3. The summed E-state index contributed by atoms with van der Waals surface area (Å²) in [4.78, 5) is 10.9. The maximum absolute atomic E-state index is 12.2. The first-order valence-corrected chi connectivity index (χ1v) is 8.29. The number of aromatic nitrogens is 1. The van der Waals surface area contributed by atoms with Crippen LogP contribution in [0.25, 0.3) is 0 Å². The van der Waals surface area contributed by atoms with E-state index in [2.05, 4.69) is 27.5 Å². The summed E-state index contributed by atoms with van der Waals surface area (Å²) in [5.41, 5.74) is 0. The third-order valence-corrected chi connectivity index (χ3v) is 4.24. The lowest BCUT2D eigenvalue weighted by molar-refractivity contribution is -0.142. The summed E-state index contributed by atoms with van der Waals surface area (Å²) in [7, 11) is 3.08. The van der Waals surface area contributed by atoms with Crippen molar-refractivity contribution in [1.82, 2.24) is 20.5 Å². The monoisotopic (exact) mass is 479 g/mol. The Balaban J connectivity index is 0.00000529. The van der Waals surface area contributed by atoms with Crippen molar-refractivity contribution in [3.8, 4) is 0 Å². The molecule has 0 radical (unpaired) electrons. The van der Waals surface area contributed by atoms with Gasteiger partial charge in [-0.05, 0) is 13.5 Å². The molecule has 0 unspecified atom stereocenters. The van der Waals surface area contributed by atoms with Crippen molar-refractivity contribution in [3.05, 3.63) is 16.1 Å². The maximum atomic E-state index is 12.2. The summed E-state index contributed by atoms with van der Waals surface area (Å²) in [6, 6.07) is 0. The smallest absolute Gasteiger partial charge is 0.356 e. The van der Waals surface area contributed by atoms with Gasteiger partial charge >= 0.3 is 6.18 Å². The second-order valence-corrected chi connectivity index (χ2v) is 6.30. The standard InChI is InChI=1S/C14H24F3N5S.HI/c1-4-11-9-21-12(23-11)5-6-19-13(18-2)20-7-8-22(3)10-14(15,16)17;/h9H,4-8,10H2,1-3H3,(H2,18,19,20);1H. The molecule has 0 atom stereocenters. The summed E-state index contributed by atoms with van der Waals surface area (Å²) in [5.74, 6) is 0.581. The first-order chi connectivity index (χ1) is 10.8. The van der Waals surface area contributed by atoms with E-state index in [-0.39, 0.29) is 30.5 Å². The van der Waals surface area contributed by atoms with Crippen molar-refractivity contribution in [2.45, 2.75) is 25.9 Å². The fraction of sp³-hybridized carbons (Fsp3) is 0.714. The molecule has 0 spiro atoms. The molecule has 0 aliphatic rings. The molecule has 1 aromatic rings. The Morgan fingerprint density at radius 1 is 1.33 bits per heavy atom. The molecule has 0 aliphatic heterocycles. The highest BCUT2D eigenvalue weighted by atomic mass is 127. The molecule has 10 heteroatoms. The molecule has 0 fully saturated rings. The molecule has 0 amide bonds. The molecule has 0 saturated heterocycles. The van der Waals surface area contributed by atoms with E-state index in [1.807, 2.05) is 6.20 Å². The van der Waals surface area contributed by atoms with Crippen LogP contribution in [0.3, 0.4) is 0 Å². The van der Waals surface area contributed by atoms with Gasteiger partial charge in [0.15, 0.2) is 5.96 Å². The lowest BCUT2D eigenvalue weighted by atomic mass is 10.4. The van der Waals surface area contributed by atoms with Crippen LogP contribution in [0, 0.1) is 0 Å². The highest BCUT2D eigenvalue weighted by Gasteiger charge is 2.28. The Morgan fingerprint density at radius 2 is 2.00 bits per heavy atom. The van der Waals surface area contributed by atoms with Gasteiger partial charge in [0.1, 0.15) is 0 Å². The minimum atomic E-state index is -4.17. The van der Waals surface area contributed by atoms with E-state index in [0.717, 1.165) is 17.8 Å². The molecular weight excluding hydrogens is 454 g/mol. The van der Waals surface area contributed by atoms with Gasteiger partial charge in [0.25, 0.3) is 0 Å². The zero-order valence-corrected chi connectivity index (χ0v) is 17.3. The third kappa shape index (κ3) is 10.3. The summed E-state index contributed by atoms with van der Waals surface area (Å²) in [6.07, 6.45) is -0.498. The summed E-state index contributed by atoms with van der Waals surface area (Å²) < 4.78 is 36.6. The van der Waals surface area contributed by atoms with Crippen LogP contribution in [0.5, 0.6) is 0 Å². The van der Waals surface area contributed by atoms with E-state index in [4.69, 9.17) is 0 Å². The van der Waals surface area contributed by atoms with Crippen LogP contribution >= 0.6 is 35.3 Å². The quantitative estimate of drug-likeness (QED) is 0.342. The first-order valence-electron chi connectivity index (χ1n) is 7.47. The molecule has 5 nitrogen and oxygen atoms in total. The van der Waals surface area contributed by atoms with Crippen LogP contribution in [0.2, 0.25) is 0 Å². The second kappa shape index (κ2) is 11.9. The minimum Gasteiger partial charge on any atom is -0.356 e. The molecule has 140 valence electrons. The van der Waals surface area contributed by atoms with Crippen LogP contribution in [0.15, 0.2) is 11.2 Å². The molecule has 24 heavy (non-hydrogen) atoms. The predicted molar refractivity (Wildman–Crippen MR) is 104 cm³/mol. The molecule has 0 aromatic carbocycles. The summed E-state index contributed by atoms with van der Waals surface area (Å²) >= 11 is 1.69. The molecule has 1 heterocycles. The minimum absolute atomic E-state index is 0. The topological polar surface area (TPSA) is 52.6 Å². The van der Waals surface area contributed by atoms with Crippen LogP contribution in [0.1, 0.15) is 16.8 Å². The molecule has 0 saturated carbocycles. The normalized spacial score (nSPS) is 12.2. The van der Waals surface area contributed by atoms with Crippen molar-refractivity contribution in [1.29, 1.82) is 0 Å². The third-order valence-electron chi connectivity index (χ3n) is 3.04. The van der Waals surface area contributed by atoms with Crippen LogP contribution in [0.4, 0.5) is 13.2 Å². The van der Waals surface area contributed by atoms with Crippen LogP contribution in [-0.4, -0.2) is 62.3 Å². The number of nitrogens with one attached hydrogen (secondary N) is 2. The Hall–Kier alpha value is -0.620. The van der Waals surface area contributed by atoms with Crippen molar-refractivity contribution in [2.24, 2.45) is 4.99 Å². The van der Waals surface area contributed by atoms with Gasteiger partial charge in [0.2, 0.25) is 0 Å². The van der Waals surface area contributed by atoms with Gasteiger partial charge < -0.3 is 10.6 Å². The largest absolute Gasteiger partial charge is 0.401 e. The number of thiazole rings is 1. The zero-order chi connectivity index (χ0) is 17.3. The highest BCUT2D eigenvalue weighted by Crippen LogP contribution is 2.15. The number of halogens is 4. The van der Waals surface area contributed by atoms with E-state index in [9.17, 15) is 13.2 Å². The number of likely N-dealkylation sites (N-methyl/N-ethyl adjacent to an activating group) is 1. The fourth-order valence-corrected chi connectivity index (χ4v) is 2.75. The van der Waals surface area contributed by atoms with Gasteiger partial charge in [-0.25, -0.2) is 4.98 Å². The lowest BCUT2D eigenvalue weighted by Crippen LogP contribution is -2.42. The Kier molecular flexibility index (Phi) is 11.5. The predicted octanol–water partition coefficient (Wildman–Crippen LogP) is 2.53. The average molecular weight is 479 g/mol. The van der Waals surface area contributed by atoms with Crippen molar-refractivity contribution in [2.75, 3.05) is 40.3 Å². The van der Waals surface area contributed by atoms with Crippen molar-refractivity contribution in [3.63, 3.8) is 0 Å². The molecule has 1 aromatic heterocycles. The number of hydrogen-bond acceptors (Lipinski definition) is 4. The van der Waals surface area contributed by atoms with Crippen LogP contribution in [-0.2, 0) is 12.8 Å². The van der Waals surface area contributed by atoms with E-state index in [1.165, 1.54) is 16.8 Å².